The lowest BCUT2D eigenvalue weighted by Crippen LogP contribution is -1.99. The van der Waals surface area contributed by atoms with Gasteiger partial charge in [0, 0.05) is 0 Å². The molecule has 0 bridgehead atoms. The zero-order valence-electron chi connectivity index (χ0n) is 7.93. The average molecular weight is 192 g/mol. The van der Waals surface area contributed by atoms with Crippen LogP contribution < -0.4 is 0 Å². The van der Waals surface area contributed by atoms with Crippen LogP contribution in [0.2, 0.25) is 0 Å². The molecule has 0 aliphatic heterocycles. The summed E-state index contributed by atoms with van der Waals surface area (Å²) in [6.07, 6.45) is 3.45. The van der Waals surface area contributed by atoms with E-state index in [1.807, 2.05) is 18.2 Å². The van der Waals surface area contributed by atoms with Gasteiger partial charge in [0.2, 0.25) is 0 Å². The SMILES string of the molecule is COC=Cc1ccc(CC(=O)O)cc1. The normalized spacial score (nSPS) is 10.4. The Labute approximate surface area is 82.6 Å². The van der Waals surface area contributed by atoms with Gasteiger partial charge in [0.25, 0.3) is 0 Å². The molecule has 0 radical (unpaired) electrons. The van der Waals surface area contributed by atoms with E-state index in [0.717, 1.165) is 11.1 Å². The Bertz CT molecular complexity index is 325. The van der Waals surface area contributed by atoms with Gasteiger partial charge in [-0.3, -0.25) is 4.79 Å². The summed E-state index contributed by atoms with van der Waals surface area (Å²) in [6, 6.07) is 7.30. The second-order valence-electron chi connectivity index (χ2n) is 2.85. The number of carboxylic acids is 1. The van der Waals surface area contributed by atoms with Gasteiger partial charge in [-0.05, 0) is 17.2 Å². The highest BCUT2D eigenvalue weighted by Crippen LogP contribution is 2.06. The molecule has 0 aromatic heterocycles. The highest BCUT2D eigenvalue weighted by atomic mass is 16.5. The molecule has 0 fully saturated rings. The minimum absolute atomic E-state index is 0.0638. The number of benzene rings is 1. The second kappa shape index (κ2) is 5.07. The summed E-state index contributed by atoms with van der Waals surface area (Å²) in [6.45, 7) is 0. The Kier molecular flexibility index (Phi) is 3.73. The summed E-state index contributed by atoms with van der Waals surface area (Å²) in [5.74, 6) is -0.815. The molecule has 0 aliphatic carbocycles. The number of aliphatic carboxylic acids is 1. The number of carboxylic acid groups (broad SMARTS) is 1. The summed E-state index contributed by atoms with van der Waals surface area (Å²) in [5.41, 5.74) is 1.79. The van der Waals surface area contributed by atoms with E-state index in [9.17, 15) is 4.79 Å². The number of rotatable bonds is 4. The van der Waals surface area contributed by atoms with Gasteiger partial charge in [0.1, 0.15) is 0 Å². The first-order valence-electron chi connectivity index (χ1n) is 4.22. The maximum absolute atomic E-state index is 10.4. The second-order valence-corrected chi connectivity index (χ2v) is 2.85. The molecule has 1 N–H and O–H groups in total. The Balaban J connectivity index is 2.68. The quantitative estimate of drug-likeness (QED) is 0.741. The Morgan fingerprint density at radius 2 is 2.07 bits per heavy atom. The van der Waals surface area contributed by atoms with Crippen molar-refractivity contribution in [3.63, 3.8) is 0 Å². The topological polar surface area (TPSA) is 46.5 Å². The number of carbonyl (C=O) groups is 1. The fraction of sp³-hybridized carbons (Fsp3) is 0.182. The van der Waals surface area contributed by atoms with Crippen molar-refractivity contribution < 1.29 is 14.6 Å². The van der Waals surface area contributed by atoms with Crippen LogP contribution in [0.3, 0.4) is 0 Å². The molecule has 3 nitrogen and oxygen atoms in total. The van der Waals surface area contributed by atoms with Crippen LogP contribution in [0, 0.1) is 0 Å². The van der Waals surface area contributed by atoms with Crippen molar-refractivity contribution in [2.24, 2.45) is 0 Å². The largest absolute Gasteiger partial charge is 0.504 e. The predicted molar refractivity (Wildman–Crippen MR) is 53.8 cm³/mol. The summed E-state index contributed by atoms with van der Waals surface area (Å²) in [7, 11) is 1.58. The van der Waals surface area contributed by atoms with Crippen LogP contribution >= 0.6 is 0 Å². The third-order valence-corrected chi connectivity index (χ3v) is 1.73. The molecule has 14 heavy (non-hydrogen) atoms. The predicted octanol–water partition coefficient (Wildman–Crippen LogP) is 1.93. The van der Waals surface area contributed by atoms with Crippen LogP contribution in [0.15, 0.2) is 30.5 Å². The van der Waals surface area contributed by atoms with Gasteiger partial charge in [-0.1, -0.05) is 24.3 Å². The molecular weight excluding hydrogens is 180 g/mol. The van der Waals surface area contributed by atoms with Gasteiger partial charge in [-0.15, -0.1) is 0 Å². The lowest BCUT2D eigenvalue weighted by atomic mass is 10.1. The van der Waals surface area contributed by atoms with Crippen molar-refractivity contribution >= 4 is 12.0 Å². The first-order chi connectivity index (χ1) is 6.72. The van der Waals surface area contributed by atoms with Crippen LogP contribution in [-0.4, -0.2) is 18.2 Å². The molecule has 0 spiro atoms. The molecule has 0 amide bonds. The summed E-state index contributed by atoms with van der Waals surface area (Å²) < 4.78 is 4.77. The minimum Gasteiger partial charge on any atom is -0.504 e. The van der Waals surface area contributed by atoms with E-state index < -0.39 is 5.97 Å². The average Bonchev–Trinajstić information content (AvgIpc) is 2.16. The van der Waals surface area contributed by atoms with Crippen LogP contribution in [0.1, 0.15) is 11.1 Å². The van der Waals surface area contributed by atoms with Gasteiger partial charge in [-0.2, -0.15) is 0 Å². The summed E-state index contributed by atoms with van der Waals surface area (Å²) in [5, 5.41) is 8.54. The van der Waals surface area contributed by atoms with Crippen molar-refractivity contribution in [2.45, 2.75) is 6.42 Å². The molecule has 0 unspecified atom stereocenters. The van der Waals surface area contributed by atoms with Crippen LogP contribution in [-0.2, 0) is 16.0 Å². The van der Waals surface area contributed by atoms with Crippen molar-refractivity contribution in [3.05, 3.63) is 41.7 Å². The Morgan fingerprint density at radius 1 is 1.43 bits per heavy atom. The molecule has 0 saturated heterocycles. The maximum atomic E-state index is 10.4. The highest BCUT2D eigenvalue weighted by Gasteiger charge is 1.98. The molecule has 1 aromatic rings. The van der Waals surface area contributed by atoms with E-state index >= 15 is 0 Å². The van der Waals surface area contributed by atoms with E-state index in [4.69, 9.17) is 9.84 Å². The fourth-order valence-corrected chi connectivity index (χ4v) is 1.07. The van der Waals surface area contributed by atoms with E-state index in [1.54, 1.807) is 25.5 Å². The summed E-state index contributed by atoms with van der Waals surface area (Å²) in [4.78, 5) is 10.4. The van der Waals surface area contributed by atoms with E-state index in [-0.39, 0.29) is 6.42 Å². The van der Waals surface area contributed by atoms with Crippen molar-refractivity contribution in [1.82, 2.24) is 0 Å². The molecule has 0 heterocycles. The van der Waals surface area contributed by atoms with Crippen molar-refractivity contribution in [3.8, 4) is 0 Å². The Hall–Kier alpha value is -1.77. The zero-order chi connectivity index (χ0) is 10.4. The van der Waals surface area contributed by atoms with Crippen LogP contribution in [0.4, 0.5) is 0 Å². The maximum Gasteiger partial charge on any atom is 0.307 e. The number of ether oxygens (including phenoxy) is 1. The summed E-state index contributed by atoms with van der Waals surface area (Å²) >= 11 is 0. The van der Waals surface area contributed by atoms with E-state index in [2.05, 4.69) is 0 Å². The molecule has 1 rings (SSSR count). The van der Waals surface area contributed by atoms with Gasteiger partial charge >= 0.3 is 5.97 Å². The molecule has 0 saturated carbocycles. The van der Waals surface area contributed by atoms with Crippen LogP contribution in [0.5, 0.6) is 0 Å². The third kappa shape index (κ3) is 3.31. The van der Waals surface area contributed by atoms with Crippen LogP contribution in [0.25, 0.3) is 6.08 Å². The van der Waals surface area contributed by atoms with Gasteiger partial charge in [0.05, 0.1) is 19.8 Å². The first kappa shape index (κ1) is 10.3. The van der Waals surface area contributed by atoms with Crippen molar-refractivity contribution in [2.75, 3.05) is 7.11 Å². The molecule has 0 aliphatic rings. The van der Waals surface area contributed by atoms with Gasteiger partial charge < -0.3 is 9.84 Å². The standard InChI is InChI=1S/C11H12O3/c1-14-7-6-9-2-4-10(5-3-9)8-11(12)13/h2-7H,8H2,1H3,(H,12,13). The third-order valence-electron chi connectivity index (χ3n) is 1.73. The first-order valence-corrected chi connectivity index (χ1v) is 4.22. The highest BCUT2D eigenvalue weighted by molar-refractivity contribution is 5.70. The number of methoxy groups -OCH3 is 1. The van der Waals surface area contributed by atoms with E-state index in [1.165, 1.54) is 0 Å². The van der Waals surface area contributed by atoms with E-state index in [0.29, 0.717) is 0 Å². The zero-order valence-corrected chi connectivity index (χ0v) is 7.93. The molecule has 3 heteroatoms. The lowest BCUT2D eigenvalue weighted by Gasteiger charge is -1.97. The van der Waals surface area contributed by atoms with Gasteiger partial charge in [-0.25, -0.2) is 0 Å². The monoisotopic (exact) mass is 192 g/mol. The molecule has 74 valence electrons. The number of hydrogen-bond acceptors (Lipinski definition) is 2. The van der Waals surface area contributed by atoms with Gasteiger partial charge in [0.15, 0.2) is 0 Å². The lowest BCUT2D eigenvalue weighted by molar-refractivity contribution is -0.136. The van der Waals surface area contributed by atoms with Crippen molar-refractivity contribution in [1.29, 1.82) is 0 Å². The molecule has 0 atom stereocenters. The smallest absolute Gasteiger partial charge is 0.307 e. The minimum atomic E-state index is -0.815. The molecule has 1 aromatic carbocycles. The fourth-order valence-electron chi connectivity index (χ4n) is 1.07. The molecular formula is C11H12O3. The number of hydrogen-bond donors (Lipinski definition) is 1. The Morgan fingerprint density at radius 3 is 2.57 bits per heavy atom.